The van der Waals surface area contributed by atoms with Crippen LogP contribution in [0.25, 0.3) is 0 Å². The first-order valence-electron chi connectivity index (χ1n) is 7.34. The van der Waals surface area contributed by atoms with E-state index in [0.29, 0.717) is 25.9 Å². The summed E-state index contributed by atoms with van der Waals surface area (Å²) in [6, 6.07) is 0. The summed E-state index contributed by atoms with van der Waals surface area (Å²) in [5.41, 5.74) is -1.82. The van der Waals surface area contributed by atoms with Gasteiger partial charge in [0.15, 0.2) is 0 Å². The summed E-state index contributed by atoms with van der Waals surface area (Å²) in [5.74, 6) is -0.641. The van der Waals surface area contributed by atoms with Crippen molar-refractivity contribution in [3.63, 3.8) is 0 Å². The molecule has 0 aliphatic carbocycles. The third kappa shape index (κ3) is 4.74. The highest BCUT2D eigenvalue weighted by atomic mass is 19.4. The lowest BCUT2D eigenvalue weighted by Gasteiger charge is -2.31. The number of alkyl halides is 3. The lowest BCUT2D eigenvalue weighted by atomic mass is 9.88. The van der Waals surface area contributed by atoms with Gasteiger partial charge in [-0.15, -0.1) is 0 Å². The van der Waals surface area contributed by atoms with Crippen molar-refractivity contribution < 1.29 is 22.8 Å². The molecule has 0 aromatic carbocycles. The van der Waals surface area contributed by atoms with Gasteiger partial charge in [0, 0.05) is 25.6 Å². The lowest BCUT2D eigenvalue weighted by molar-refractivity contribution is -0.213. The van der Waals surface area contributed by atoms with Crippen molar-refractivity contribution in [3.05, 3.63) is 12.7 Å². The van der Waals surface area contributed by atoms with E-state index in [0.717, 1.165) is 13.8 Å². The van der Waals surface area contributed by atoms with E-state index in [9.17, 15) is 22.8 Å². The van der Waals surface area contributed by atoms with E-state index < -0.39 is 11.6 Å². The normalized spacial score (nSPS) is 17.2. The number of piperidine rings is 1. The molecule has 1 rings (SSSR count). The topological polar surface area (TPSA) is 49.4 Å². The monoisotopic (exact) mass is 320 g/mol. The molecule has 7 heteroatoms. The highest BCUT2D eigenvalue weighted by molar-refractivity contribution is 5.87. The van der Waals surface area contributed by atoms with Gasteiger partial charge in [0.2, 0.25) is 11.8 Å². The summed E-state index contributed by atoms with van der Waals surface area (Å²) >= 11 is 0. The van der Waals surface area contributed by atoms with Crippen LogP contribution in [0.15, 0.2) is 12.7 Å². The Balaban J connectivity index is 2.36. The van der Waals surface area contributed by atoms with Crippen LogP contribution in [0.3, 0.4) is 0 Å². The third-order valence-corrected chi connectivity index (χ3v) is 4.17. The van der Waals surface area contributed by atoms with Crippen LogP contribution in [0, 0.1) is 11.3 Å². The van der Waals surface area contributed by atoms with E-state index in [2.05, 4.69) is 11.9 Å². The van der Waals surface area contributed by atoms with Gasteiger partial charge >= 0.3 is 6.18 Å². The fraction of sp³-hybridized carbons (Fsp3) is 0.733. The first-order valence-corrected chi connectivity index (χ1v) is 7.34. The number of nitrogens with zero attached hydrogens (tertiary/aromatic N) is 1. The van der Waals surface area contributed by atoms with Gasteiger partial charge in [-0.1, -0.05) is 20.4 Å². The molecule has 1 aliphatic heterocycles. The number of carbonyl (C=O) groups is 2. The fourth-order valence-electron chi connectivity index (χ4n) is 2.28. The van der Waals surface area contributed by atoms with Crippen LogP contribution in [-0.4, -0.2) is 42.5 Å². The summed E-state index contributed by atoms with van der Waals surface area (Å²) in [6.07, 6.45) is -2.16. The van der Waals surface area contributed by atoms with Gasteiger partial charge in [0.05, 0.1) is 5.41 Å². The van der Waals surface area contributed by atoms with Crippen molar-refractivity contribution in [3.8, 4) is 0 Å². The Labute approximate surface area is 128 Å². The minimum Gasteiger partial charge on any atom is -0.356 e. The van der Waals surface area contributed by atoms with Gasteiger partial charge in [-0.2, -0.15) is 13.2 Å². The number of hydrogen-bond acceptors (Lipinski definition) is 2. The van der Waals surface area contributed by atoms with Crippen molar-refractivity contribution in [2.75, 3.05) is 19.6 Å². The molecule has 0 bridgehead atoms. The first-order chi connectivity index (χ1) is 10.1. The van der Waals surface area contributed by atoms with E-state index >= 15 is 0 Å². The van der Waals surface area contributed by atoms with Crippen molar-refractivity contribution in [1.82, 2.24) is 10.2 Å². The summed E-state index contributed by atoms with van der Waals surface area (Å²) in [4.78, 5) is 25.0. The van der Waals surface area contributed by atoms with Gasteiger partial charge in [-0.3, -0.25) is 9.59 Å². The van der Waals surface area contributed by atoms with Crippen LogP contribution in [0.2, 0.25) is 0 Å². The average Bonchev–Trinajstić information content (AvgIpc) is 2.45. The van der Waals surface area contributed by atoms with Gasteiger partial charge < -0.3 is 10.2 Å². The zero-order valence-electron chi connectivity index (χ0n) is 13.0. The largest absolute Gasteiger partial charge is 0.394 e. The molecule has 126 valence electrons. The number of rotatable bonds is 5. The van der Waals surface area contributed by atoms with Crippen molar-refractivity contribution >= 4 is 11.8 Å². The molecule has 22 heavy (non-hydrogen) atoms. The van der Waals surface area contributed by atoms with Crippen LogP contribution in [0.5, 0.6) is 0 Å². The van der Waals surface area contributed by atoms with Gasteiger partial charge in [0.1, 0.15) is 0 Å². The Morgan fingerprint density at radius 1 is 1.27 bits per heavy atom. The molecule has 0 atom stereocenters. The summed E-state index contributed by atoms with van der Waals surface area (Å²) in [6.45, 7) is 6.59. The quantitative estimate of drug-likeness (QED) is 0.791. The SMILES string of the molecule is C=CC(=O)N1CCC(C(=O)NCCC(C)(C)C(F)(F)F)CC1. The average molecular weight is 320 g/mol. The predicted octanol–water partition coefficient (Wildman–Crippen LogP) is 2.51. The Kier molecular flexibility index (Phi) is 6.02. The van der Waals surface area contributed by atoms with Crippen molar-refractivity contribution in [2.24, 2.45) is 11.3 Å². The predicted molar refractivity (Wildman–Crippen MR) is 77.0 cm³/mol. The molecule has 0 aromatic heterocycles. The van der Waals surface area contributed by atoms with E-state index in [1.807, 2.05) is 0 Å². The number of nitrogens with one attached hydrogen (secondary N) is 1. The van der Waals surface area contributed by atoms with Crippen LogP contribution in [-0.2, 0) is 9.59 Å². The number of amides is 2. The van der Waals surface area contributed by atoms with Gasteiger partial charge in [-0.25, -0.2) is 0 Å². The van der Waals surface area contributed by atoms with Crippen LogP contribution < -0.4 is 5.32 Å². The molecule has 0 radical (unpaired) electrons. The second-order valence-corrected chi connectivity index (χ2v) is 6.23. The Morgan fingerprint density at radius 2 is 1.82 bits per heavy atom. The van der Waals surface area contributed by atoms with E-state index in [1.54, 1.807) is 4.90 Å². The second-order valence-electron chi connectivity index (χ2n) is 6.23. The zero-order chi connectivity index (χ0) is 17.0. The minimum absolute atomic E-state index is 0.00283. The maximum atomic E-state index is 12.7. The number of likely N-dealkylation sites (tertiary alicyclic amines) is 1. The molecular weight excluding hydrogens is 297 g/mol. The zero-order valence-corrected chi connectivity index (χ0v) is 13.0. The van der Waals surface area contributed by atoms with Crippen LogP contribution >= 0.6 is 0 Å². The van der Waals surface area contributed by atoms with Crippen LogP contribution in [0.4, 0.5) is 13.2 Å². The molecule has 0 saturated carbocycles. The molecule has 0 unspecified atom stereocenters. The highest BCUT2D eigenvalue weighted by Gasteiger charge is 2.46. The van der Waals surface area contributed by atoms with E-state index in [1.165, 1.54) is 6.08 Å². The molecule has 1 heterocycles. The minimum atomic E-state index is -4.28. The molecular formula is C15H23F3N2O2. The molecule has 0 aromatic rings. The number of hydrogen-bond donors (Lipinski definition) is 1. The highest BCUT2D eigenvalue weighted by Crippen LogP contribution is 2.39. The molecule has 1 fully saturated rings. The maximum Gasteiger partial charge on any atom is 0.394 e. The second kappa shape index (κ2) is 7.15. The van der Waals surface area contributed by atoms with Gasteiger partial charge in [0.25, 0.3) is 0 Å². The Hall–Kier alpha value is -1.53. The molecule has 2 amide bonds. The Bertz CT molecular complexity index is 425. The van der Waals surface area contributed by atoms with Crippen molar-refractivity contribution in [1.29, 1.82) is 0 Å². The summed E-state index contributed by atoms with van der Waals surface area (Å²) in [7, 11) is 0. The fourth-order valence-corrected chi connectivity index (χ4v) is 2.28. The van der Waals surface area contributed by atoms with Crippen molar-refractivity contribution in [2.45, 2.75) is 39.3 Å². The van der Waals surface area contributed by atoms with E-state index in [4.69, 9.17) is 0 Å². The van der Waals surface area contributed by atoms with Crippen LogP contribution in [0.1, 0.15) is 33.1 Å². The number of carbonyl (C=O) groups excluding carboxylic acids is 2. The molecule has 4 nitrogen and oxygen atoms in total. The summed E-state index contributed by atoms with van der Waals surface area (Å²) in [5, 5.41) is 2.58. The smallest absolute Gasteiger partial charge is 0.356 e. The standard InChI is InChI=1S/C15H23F3N2O2/c1-4-12(21)20-9-5-11(6-10-20)13(22)19-8-7-14(2,3)15(16,17)18/h4,11H,1,5-10H2,2-3H3,(H,19,22). The molecule has 0 spiro atoms. The number of halogens is 3. The third-order valence-electron chi connectivity index (χ3n) is 4.17. The molecule has 1 N–H and O–H groups in total. The van der Waals surface area contributed by atoms with Gasteiger partial charge in [-0.05, 0) is 25.3 Å². The first kappa shape index (κ1) is 18.5. The maximum absolute atomic E-state index is 12.7. The summed E-state index contributed by atoms with van der Waals surface area (Å²) < 4.78 is 38.1. The lowest BCUT2D eigenvalue weighted by Crippen LogP contribution is -2.43. The molecule has 1 saturated heterocycles. The Morgan fingerprint density at radius 3 is 2.27 bits per heavy atom. The molecule has 1 aliphatic rings. The van der Waals surface area contributed by atoms with E-state index in [-0.39, 0.29) is 30.7 Å².